The van der Waals surface area contributed by atoms with Crippen molar-refractivity contribution in [3.05, 3.63) is 20.7 Å². The molecule has 0 fully saturated rings. The molecule has 5 heteroatoms. The van der Waals surface area contributed by atoms with Crippen LogP contribution in [0.2, 0.25) is 0 Å². The van der Waals surface area contributed by atoms with Crippen molar-refractivity contribution < 1.29 is 9.90 Å². The van der Waals surface area contributed by atoms with Gasteiger partial charge >= 0.3 is 10.8 Å². The number of nitrogens with zero attached hydrogens (tertiary/aromatic N) is 1. The molecule has 1 N–H and O–H groups in total. The highest BCUT2D eigenvalue weighted by Gasteiger charge is 2.05. The van der Waals surface area contributed by atoms with Crippen LogP contribution >= 0.6 is 11.3 Å². The van der Waals surface area contributed by atoms with Crippen molar-refractivity contribution in [3.8, 4) is 0 Å². The van der Waals surface area contributed by atoms with Crippen molar-refractivity contribution in [2.24, 2.45) is 0 Å². The van der Waals surface area contributed by atoms with Crippen LogP contribution in [0.1, 0.15) is 5.69 Å². The molecular weight excluding hydrogens is 166 g/mol. The molecule has 0 amide bonds. The fourth-order valence-electron chi connectivity index (χ4n) is 0.731. The van der Waals surface area contributed by atoms with E-state index in [1.165, 1.54) is 4.57 Å². The van der Waals surface area contributed by atoms with Crippen LogP contribution in [0.15, 0.2) is 10.2 Å². The molecule has 0 unspecified atom stereocenters. The zero-order chi connectivity index (χ0) is 8.43. The largest absolute Gasteiger partial charge is 0.480 e. The summed E-state index contributed by atoms with van der Waals surface area (Å²) in [7, 11) is 0. The summed E-state index contributed by atoms with van der Waals surface area (Å²) < 4.78 is 1.23. The Labute approximate surface area is 66.7 Å². The fourth-order valence-corrected chi connectivity index (χ4v) is 1.47. The molecule has 1 aromatic heterocycles. The fraction of sp³-hybridized carbons (Fsp3) is 0.333. The van der Waals surface area contributed by atoms with E-state index in [2.05, 4.69) is 0 Å². The molecule has 0 aromatic carbocycles. The zero-order valence-electron chi connectivity index (χ0n) is 5.90. The van der Waals surface area contributed by atoms with Gasteiger partial charge < -0.3 is 5.11 Å². The molecule has 0 spiro atoms. The van der Waals surface area contributed by atoms with Gasteiger partial charge in [0.1, 0.15) is 6.54 Å². The van der Waals surface area contributed by atoms with Gasteiger partial charge in [-0.15, -0.1) is 0 Å². The average molecular weight is 173 g/mol. The highest BCUT2D eigenvalue weighted by Crippen LogP contribution is 1.98. The third-order valence-electron chi connectivity index (χ3n) is 1.27. The molecule has 0 aliphatic carbocycles. The van der Waals surface area contributed by atoms with Crippen molar-refractivity contribution in [2.45, 2.75) is 13.5 Å². The van der Waals surface area contributed by atoms with Gasteiger partial charge in [0, 0.05) is 11.1 Å². The second kappa shape index (κ2) is 2.87. The summed E-state index contributed by atoms with van der Waals surface area (Å²) in [5.41, 5.74) is 0.697. The van der Waals surface area contributed by atoms with Crippen LogP contribution in [0.4, 0.5) is 0 Å². The lowest BCUT2D eigenvalue weighted by Gasteiger charge is -1.97. The Morgan fingerprint density at radius 1 is 1.82 bits per heavy atom. The second-order valence-corrected chi connectivity index (χ2v) is 2.94. The highest BCUT2D eigenvalue weighted by molar-refractivity contribution is 7.07. The Morgan fingerprint density at radius 2 is 2.45 bits per heavy atom. The van der Waals surface area contributed by atoms with Gasteiger partial charge in [-0.2, -0.15) is 0 Å². The quantitative estimate of drug-likeness (QED) is 0.699. The minimum Gasteiger partial charge on any atom is -0.480 e. The first kappa shape index (κ1) is 8.00. The van der Waals surface area contributed by atoms with Crippen LogP contribution in [0, 0.1) is 6.92 Å². The van der Waals surface area contributed by atoms with Crippen LogP contribution in [-0.4, -0.2) is 15.6 Å². The van der Waals surface area contributed by atoms with Crippen molar-refractivity contribution in [2.75, 3.05) is 0 Å². The number of rotatable bonds is 2. The number of carbonyl (C=O) groups is 1. The van der Waals surface area contributed by atoms with Crippen LogP contribution in [-0.2, 0) is 11.3 Å². The van der Waals surface area contributed by atoms with Gasteiger partial charge in [0.15, 0.2) is 0 Å². The van der Waals surface area contributed by atoms with Gasteiger partial charge in [-0.1, -0.05) is 11.3 Å². The lowest BCUT2D eigenvalue weighted by Crippen LogP contribution is -2.19. The van der Waals surface area contributed by atoms with E-state index in [0.29, 0.717) is 5.69 Å². The van der Waals surface area contributed by atoms with E-state index in [4.69, 9.17) is 5.11 Å². The molecule has 1 heterocycles. The number of aliphatic carboxylic acids is 1. The molecule has 0 saturated carbocycles. The first-order chi connectivity index (χ1) is 5.11. The van der Waals surface area contributed by atoms with E-state index in [1.807, 2.05) is 0 Å². The summed E-state index contributed by atoms with van der Waals surface area (Å²) in [6, 6.07) is 0. The minimum atomic E-state index is -0.992. The Bertz CT molecular complexity index is 325. The first-order valence-electron chi connectivity index (χ1n) is 2.98. The van der Waals surface area contributed by atoms with E-state index in [-0.39, 0.29) is 11.4 Å². The molecular formula is C6H7NO3S. The number of hydrogen-bond acceptors (Lipinski definition) is 3. The Balaban J connectivity index is 3.01. The molecule has 0 atom stereocenters. The molecule has 11 heavy (non-hydrogen) atoms. The Kier molecular flexibility index (Phi) is 2.09. The molecule has 1 rings (SSSR count). The van der Waals surface area contributed by atoms with Gasteiger partial charge in [0.05, 0.1) is 0 Å². The van der Waals surface area contributed by atoms with Crippen LogP contribution in [0.25, 0.3) is 0 Å². The molecule has 4 nitrogen and oxygen atoms in total. The molecule has 60 valence electrons. The maximum absolute atomic E-state index is 10.9. The smallest absolute Gasteiger partial charge is 0.323 e. The SMILES string of the molecule is Cc1csc(=O)n1CC(=O)O. The third kappa shape index (κ3) is 1.68. The molecule has 0 aliphatic heterocycles. The third-order valence-corrected chi connectivity index (χ3v) is 2.15. The number of aryl methyl sites for hydroxylation is 1. The van der Waals surface area contributed by atoms with Crippen molar-refractivity contribution in [1.29, 1.82) is 0 Å². The summed E-state index contributed by atoms with van der Waals surface area (Å²) in [6.45, 7) is 1.47. The maximum Gasteiger partial charge on any atom is 0.323 e. The molecule has 0 bridgehead atoms. The Morgan fingerprint density at radius 3 is 2.82 bits per heavy atom. The molecule has 0 aliphatic rings. The van der Waals surface area contributed by atoms with Crippen molar-refractivity contribution in [1.82, 2.24) is 4.57 Å². The predicted molar refractivity (Wildman–Crippen MR) is 41.0 cm³/mol. The topological polar surface area (TPSA) is 59.3 Å². The summed E-state index contributed by atoms with van der Waals surface area (Å²) >= 11 is 1.02. The standard InChI is InChI=1S/C6H7NO3S/c1-4-3-11-6(10)7(4)2-5(8)9/h3H,2H2,1H3,(H,8,9). The summed E-state index contributed by atoms with van der Waals surface area (Å²) in [5.74, 6) is -0.992. The lowest BCUT2D eigenvalue weighted by molar-refractivity contribution is -0.137. The van der Waals surface area contributed by atoms with Crippen molar-refractivity contribution >= 4 is 17.3 Å². The van der Waals surface area contributed by atoms with Gasteiger partial charge in [-0.25, -0.2) is 0 Å². The van der Waals surface area contributed by atoms with E-state index in [0.717, 1.165) is 11.3 Å². The van der Waals surface area contributed by atoms with E-state index < -0.39 is 5.97 Å². The van der Waals surface area contributed by atoms with Gasteiger partial charge in [0.25, 0.3) is 0 Å². The monoisotopic (exact) mass is 173 g/mol. The van der Waals surface area contributed by atoms with E-state index in [9.17, 15) is 9.59 Å². The normalized spacial score (nSPS) is 9.91. The number of carboxylic acid groups (broad SMARTS) is 1. The lowest BCUT2D eigenvalue weighted by atomic mass is 10.5. The average Bonchev–Trinajstić information content (AvgIpc) is 2.18. The summed E-state index contributed by atoms with van der Waals surface area (Å²) in [6.07, 6.45) is 0. The van der Waals surface area contributed by atoms with Gasteiger partial charge in [-0.05, 0) is 6.92 Å². The maximum atomic E-state index is 10.9. The number of thiazole rings is 1. The van der Waals surface area contributed by atoms with E-state index >= 15 is 0 Å². The summed E-state index contributed by atoms with van der Waals surface area (Å²) in [4.78, 5) is 20.9. The minimum absolute atomic E-state index is 0.218. The first-order valence-corrected chi connectivity index (χ1v) is 3.86. The number of carboxylic acids is 1. The molecule has 0 radical (unpaired) electrons. The Hall–Kier alpha value is -1.10. The molecule has 0 saturated heterocycles. The molecule has 1 aromatic rings. The van der Waals surface area contributed by atoms with Crippen LogP contribution in [0.5, 0.6) is 0 Å². The predicted octanol–water partition coefficient (Wildman–Crippen LogP) is 0.303. The van der Waals surface area contributed by atoms with Gasteiger partial charge in [-0.3, -0.25) is 14.2 Å². The zero-order valence-corrected chi connectivity index (χ0v) is 6.72. The van der Waals surface area contributed by atoms with Crippen molar-refractivity contribution in [3.63, 3.8) is 0 Å². The number of aromatic nitrogens is 1. The highest BCUT2D eigenvalue weighted by atomic mass is 32.1. The number of hydrogen-bond donors (Lipinski definition) is 1. The van der Waals surface area contributed by atoms with E-state index in [1.54, 1.807) is 12.3 Å². The van der Waals surface area contributed by atoms with Crippen LogP contribution in [0.3, 0.4) is 0 Å². The summed E-state index contributed by atoms with van der Waals surface area (Å²) in [5, 5.41) is 10.0. The second-order valence-electron chi connectivity index (χ2n) is 2.12. The van der Waals surface area contributed by atoms with Crippen LogP contribution < -0.4 is 4.87 Å². The van der Waals surface area contributed by atoms with Gasteiger partial charge in [0.2, 0.25) is 0 Å².